The molecule has 2 aliphatic rings. The van der Waals surface area contributed by atoms with Crippen LogP contribution in [0.1, 0.15) is 16.8 Å². The molecule has 6 nitrogen and oxygen atoms in total. The Morgan fingerprint density at radius 1 is 1.07 bits per heavy atom. The van der Waals surface area contributed by atoms with E-state index < -0.39 is 5.60 Å². The highest BCUT2D eigenvalue weighted by molar-refractivity contribution is 9.10. The lowest BCUT2D eigenvalue weighted by Crippen LogP contribution is -2.52. The minimum Gasteiger partial charge on any atom is -0.464 e. The van der Waals surface area contributed by atoms with Crippen LogP contribution in [-0.2, 0) is 10.4 Å². The molecule has 4 aromatic rings. The second kappa shape index (κ2) is 5.55. The third kappa shape index (κ3) is 2.02. The van der Waals surface area contributed by atoms with Crippen molar-refractivity contribution in [3.8, 4) is 17.0 Å². The highest BCUT2D eigenvalue weighted by Gasteiger charge is 2.57. The van der Waals surface area contributed by atoms with E-state index in [4.69, 9.17) is 9.37 Å². The average molecular weight is 447 g/mol. The van der Waals surface area contributed by atoms with Crippen molar-refractivity contribution in [2.75, 3.05) is 0 Å². The topological polar surface area (TPSA) is 79.3 Å². The zero-order valence-electron chi connectivity index (χ0n) is 14.8. The largest absolute Gasteiger partial charge is 0.464 e. The summed E-state index contributed by atoms with van der Waals surface area (Å²) >= 11 is 3.45. The minimum atomic E-state index is -1.66. The zero-order chi connectivity index (χ0) is 19.8. The van der Waals surface area contributed by atoms with Gasteiger partial charge in [0.25, 0.3) is 17.0 Å². The van der Waals surface area contributed by atoms with E-state index in [-0.39, 0.29) is 16.4 Å². The van der Waals surface area contributed by atoms with Crippen LogP contribution in [0.2, 0.25) is 0 Å². The molecule has 140 valence electrons. The summed E-state index contributed by atoms with van der Waals surface area (Å²) in [5.41, 5.74) is 0.687. The summed E-state index contributed by atoms with van der Waals surface area (Å²) in [6, 6.07) is 16.9. The van der Waals surface area contributed by atoms with Crippen LogP contribution < -0.4 is 9.64 Å². The Balaban J connectivity index is 1.74. The van der Waals surface area contributed by atoms with Gasteiger partial charge in [0.1, 0.15) is 5.75 Å². The molecule has 0 amide bonds. The van der Waals surface area contributed by atoms with Gasteiger partial charge in [-0.05, 0) is 45.5 Å². The molecule has 29 heavy (non-hydrogen) atoms. The quantitative estimate of drug-likeness (QED) is 0.379. The molecule has 1 spiro atoms. The molecule has 3 aromatic carbocycles. The number of hydrogen-bond donors (Lipinski definition) is 0. The lowest BCUT2D eigenvalue weighted by Gasteiger charge is -2.36. The van der Waals surface area contributed by atoms with E-state index in [0.717, 1.165) is 20.8 Å². The van der Waals surface area contributed by atoms with Gasteiger partial charge in [0, 0.05) is 15.2 Å². The van der Waals surface area contributed by atoms with Crippen LogP contribution in [-0.4, -0.2) is 10.9 Å². The fourth-order valence-corrected chi connectivity index (χ4v) is 4.64. The Labute approximate surface area is 172 Å². The molecule has 7 heteroatoms. The number of nitrogens with zero attached hydrogens (tertiary/aromatic N) is 2. The lowest BCUT2D eigenvalue weighted by molar-refractivity contribution is -0.810. The number of benzene rings is 3. The second-order valence-corrected chi connectivity index (χ2v) is 7.92. The van der Waals surface area contributed by atoms with Crippen molar-refractivity contribution in [3.05, 3.63) is 87.2 Å². The van der Waals surface area contributed by atoms with Crippen LogP contribution in [0.15, 0.2) is 69.8 Å². The molecule has 2 heterocycles. The molecule has 1 aliphatic carbocycles. The van der Waals surface area contributed by atoms with Crippen LogP contribution in [0, 0.1) is 5.21 Å². The van der Waals surface area contributed by atoms with Gasteiger partial charge in [0.05, 0.1) is 5.56 Å². The summed E-state index contributed by atoms with van der Waals surface area (Å²) in [5.74, 6) is 0.114. The Kier molecular flexibility index (Phi) is 3.16. The Morgan fingerprint density at radius 2 is 1.93 bits per heavy atom. The summed E-state index contributed by atoms with van der Waals surface area (Å²) in [6.45, 7) is 0. The zero-order valence-corrected chi connectivity index (χ0v) is 16.3. The summed E-state index contributed by atoms with van der Waals surface area (Å²) in [4.78, 5) is 13.5. The van der Waals surface area contributed by atoms with Crippen LogP contribution in [0.25, 0.3) is 28.1 Å². The maximum Gasteiger partial charge on any atom is 0.265 e. The first-order chi connectivity index (χ1) is 14.1. The standard InChI is InChI=1S/C22H11BrN2O4/c23-14-7-8-16-13(11-14)6-10-18(26)22(16)21-20(24-29-25(21)27)19-15-4-2-1-3-12(15)5-9-17(19)28-22/h1-11H. The number of ketones is 1. The van der Waals surface area contributed by atoms with Gasteiger partial charge >= 0.3 is 0 Å². The minimum absolute atomic E-state index is 0.0410. The number of aromatic nitrogens is 2. The number of ether oxygens (including phenoxy) is 1. The van der Waals surface area contributed by atoms with Gasteiger partial charge in [-0.25, -0.2) is 0 Å². The number of fused-ring (bicyclic) bond motifs is 8. The first-order valence-corrected chi connectivity index (χ1v) is 9.73. The van der Waals surface area contributed by atoms with E-state index >= 15 is 0 Å². The van der Waals surface area contributed by atoms with E-state index in [1.165, 1.54) is 6.08 Å². The number of rotatable bonds is 0. The van der Waals surface area contributed by atoms with Gasteiger partial charge in [0.2, 0.25) is 5.78 Å². The molecule has 6 rings (SSSR count). The monoisotopic (exact) mass is 446 g/mol. The van der Waals surface area contributed by atoms with Crippen LogP contribution in [0.5, 0.6) is 5.75 Å². The molecule has 1 atom stereocenters. The van der Waals surface area contributed by atoms with Crippen molar-refractivity contribution in [1.29, 1.82) is 0 Å². The van der Waals surface area contributed by atoms with Gasteiger partial charge < -0.3 is 9.94 Å². The van der Waals surface area contributed by atoms with Gasteiger partial charge in [-0.3, -0.25) is 9.42 Å². The highest BCUT2D eigenvalue weighted by atomic mass is 79.9. The number of halogens is 1. The van der Waals surface area contributed by atoms with Crippen molar-refractivity contribution in [3.63, 3.8) is 0 Å². The average Bonchev–Trinajstić information content (AvgIpc) is 3.13. The predicted molar refractivity (Wildman–Crippen MR) is 108 cm³/mol. The summed E-state index contributed by atoms with van der Waals surface area (Å²) in [6.07, 6.45) is 3.15. The molecular weight excluding hydrogens is 436 g/mol. The maximum atomic E-state index is 13.3. The van der Waals surface area contributed by atoms with Crippen molar-refractivity contribution in [1.82, 2.24) is 5.16 Å². The molecule has 0 saturated carbocycles. The normalized spacial score (nSPS) is 19.0. The smallest absolute Gasteiger partial charge is 0.265 e. The number of carbonyl (C=O) groups excluding carboxylic acids is 1. The molecule has 1 unspecified atom stereocenters. The summed E-state index contributed by atoms with van der Waals surface area (Å²) in [5, 5.41) is 18.6. The van der Waals surface area contributed by atoms with Crippen molar-refractivity contribution >= 4 is 38.6 Å². The van der Waals surface area contributed by atoms with E-state index in [0.29, 0.717) is 22.6 Å². The number of hydrogen-bond acceptors (Lipinski definition) is 5. The fraction of sp³-hybridized carbons (Fsp3) is 0.0455. The second-order valence-electron chi connectivity index (χ2n) is 7.00. The molecule has 0 radical (unpaired) electrons. The van der Waals surface area contributed by atoms with Gasteiger partial charge in [0.15, 0.2) is 0 Å². The molecule has 0 fully saturated rings. The third-order valence-electron chi connectivity index (χ3n) is 5.49. The van der Waals surface area contributed by atoms with Crippen LogP contribution in [0.4, 0.5) is 0 Å². The molecule has 0 bridgehead atoms. The Morgan fingerprint density at radius 3 is 2.83 bits per heavy atom. The predicted octanol–water partition coefficient (Wildman–Crippen LogP) is 4.12. The van der Waals surface area contributed by atoms with Crippen molar-refractivity contribution < 1.29 is 19.1 Å². The van der Waals surface area contributed by atoms with Crippen molar-refractivity contribution in [2.45, 2.75) is 5.60 Å². The van der Waals surface area contributed by atoms with E-state index in [2.05, 4.69) is 21.1 Å². The Hall–Kier alpha value is -3.45. The van der Waals surface area contributed by atoms with Gasteiger partial charge in [-0.2, -0.15) is 0 Å². The fourth-order valence-electron chi connectivity index (χ4n) is 4.26. The van der Waals surface area contributed by atoms with Crippen LogP contribution >= 0.6 is 15.9 Å². The number of carbonyl (C=O) groups is 1. The highest BCUT2D eigenvalue weighted by Crippen LogP contribution is 2.51. The van der Waals surface area contributed by atoms with Crippen LogP contribution in [0.3, 0.4) is 0 Å². The molecule has 0 saturated heterocycles. The first kappa shape index (κ1) is 16.5. The lowest BCUT2D eigenvalue weighted by atomic mass is 9.76. The SMILES string of the molecule is O=C1C=Cc2cc(Br)ccc2C12Oc1ccc3ccccc3c1-c1no[n+]([O-])c12. The molecule has 1 aromatic heterocycles. The Bertz CT molecular complexity index is 1390. The third-order valence-corrected chi connectivity index (χ3v) is 5.98. The molecular formula is C22H11BrN2O4. The summed E-state index contributed by atoms with van der Waals surface area (Å²) in [7, 11) is 0. The summed E-state index contributed by atoms with van der Waals surface area (Å²) < 4.78 is 12.2. The van der Waals surface area contributed by atoms with E-state index in [1.54, 1.807) is 18.2 Å². The van der Waals surface area contributed by atoms with E-state index in [1.807, 2.05) is 42.5 Å². The van der Waals surface area contributed by atoms with E-state index in [9.17, 15) is 10.0 Å². The van der Waals surface area contributed by atoms with Gasteiger partial charge in [-0.1, -0.05) is 58.4 Å². The van der Waals surface area contributed by atoms with Gasteiger partial charge in [-0.15, -0.1) is 0 Å². The maximum absolute atomic E-state index is 13.3. The first-order valence-electron chi connectivity index (χ1n) is 8.93. The molecule has 1 aliphatic heterocycles. The van der Waals surface area contributed by atoms with Crippen molar-refractivity contribution in [2.24, 2.45) is 0 Å². The molecule has 0 N–H and O–H groups in total.